The Balaban J connectivity index is 1.71. The Kier molecular flexibility index (Phi) is 4.57. The van der Waals surface area contributed by atoms with E-state index in [9.17, 15) is 0 Å². The molecule has 1 aliphatic rings. The number of anilines is 5. The van der Waals surface area contributed by atoms with Crippen LogP contribution in [0.1, 0.15) is 12.0 Å². The van der Waals surface area contributed by atoms with Crippen molar-refractivity contribution in [2.75, 3.05) is 22.5 Å². The highest BCUT2D eigenvalue weighted by Gasteiger charge is 2.22. The number of nitrogens with one attached hydrogen (secondary N) is 1. The number of para-hydroxylation sites is 1. The Morgan fingerprint density at radius 2 is 1.92 bits per heavy atom. The summed E-state index contributed by atoms with van der Waals surface area (Å²) in [5, 5.41) is 4.25. The Morgan fingerprint density at radius 1 is 1.08 bits per heavy atom. The number of hydrogen-bond acceptors (Lipinski definition) is 5. The van der Waals surface area contributed by atoms with E-state index in [4.69, 9.17) is 28.9 Å². The largest absolute Gasteiger partial charge is 0.393 e. The van der Waals surface area contributed by atoms with Crippen LogP contribution >= 0.6 is 23.2 Å². The molecule has 4 rings (SSSR count). The van der Waals surface area contributed by atoms with Crippen molar-refractivity contribution in [1.82, 2.24) is 9.97 Å². The first-order valence-corrected chi connectivity index (χ1v) is 9.07. The maximum atomic E-state index is 6.40. The van der Waals surface area contributed by atoms with E-state index in [0.29, 0.717) is 33.1 Å². The monoisotopic (exact) mass is 385 g/mol. The van der Waals surface area contributed by atoms with Crippen molar-refractivity contribution < 1.29 is 0 Å². The molecule has 1 aliphatic heterocycles. The first kappa shape index (κ1) is 16.9. The molecule has 1 aromatic heterocycles. The van der Waals surface area contributed by atoms with Crippen LogP contribution in [0.5, 0.6) is 0 Å². The highest BCUT2D eigenvalue weighted by Crippen LogP contribution is 2.38. The van der Waals surface area contributed by atoms with Crippen LogP contribution < -0.4 is 16.0 Å². The highest BCUT2D eigenvalue weighted by atomic mass is 35.5. The normalized spacial score (nSPS) is 13.4. The second kappa shape index (κ2) is 7.02. The van der Waals surface area contributed by atoms with E-state index < -0.39 is 0 Å². The molecule has 0 atom stereocenters. The summed E-state index contributed by atoms with van der Waals surface area (Å²) < 4.78 is 0. The first-order valence-electron chi connectivity index (χ1n) is 8.31. The summed E-state index contributed by atoms with van der Waals surface area (Å²) in [5.41, 5.74) is 10.0. The molecule has 0 saturated carbocycles. The number of fused-ring (bicyclic) bond motifs is 1. The predicted molar refractivity (Wildman–Crippen MR) is 108 cm³/mol. The van der Waals surface area contributed by atoms with Crippen molar-refractivity contribution in [2.24, 2.45) is 0 Å². The minimum Gasteiger partial charge on any atom is -0.393 e. The van der Waals surface area contributed by atoms with Gasteiger partial charge in [0.2, 0.25) is 0 Å². The van der Waals surface area contributed by atoms with Crippen molar-refractivity contribution >= 4 is 51.9 Å². The fraction of sp³-hybridized carbons (Fsp3) is 0.158. The minimum atomic E-state index is 0.482. The fourth-order valence-electron chi connectivity index (χ4n) is 3.17. The number of nitrogen functional groups attached to an aromatic ring is 1. The molecule has 26 heavy (non-hydrogen) atoms. The van der Waals surface area contributed by atoms with Crippen molar-refractivity contribution in [1.29, 1.82) is 0 Å². The van der Waals surface area contributed by atoms with Gasteiger partial charge in [-0.3, -0.25) is 0 Å². The number of aromatic nitrogens is 2. The van der Waals surface area contributed by atoms with Gasteiger partial charge in [-0.2, -0.15) is 0 Å². The molecule has 3 N–H and O–H groups in total. The predicted octanol–water partition coefficient (Wildman–Crippen LogP) is 5.19. The summed E-state index contributed by atoms with van der Waals surface area (Å²) in [6.07, 6.45) is 3.62. The number of halogens is 2. The van der Waals surface area contributed by atoms with Crippen LogP contribution in [0.3, 0.4) is 0 Å². The molecule has 2 aromatic carbocycles. The molecule has 0 unspecified atom stereocenters. The standard InChI is InChI=1S/C19H17Cl2N5/c20-13-7-8-15(14(21)10-13)25-18-17(22)19(24-11-23-18)26-9-3-5-12-4-1-2-6-16(12)26/h1-2,4,6-8,10-11H,3,5,9,22H2,(H,23,24,25). The summed E-state index contributed by atoms with van der Waals surface area (Å²) in [6, 6.07) is 13.6. The van der Waals surface area contributed by atoms with Crippen LogP contribution in [0.25, 0.3) is 0 Å². The lowest BCUT2D eigenvalue weighted by atomic mass is 10.0. The summed E-state index contributed by atoms with van der Waals surface area (Å²) >= 11 is 12.2. The Bertz CT molecular complexity index is 960. The van der Waals surface area contributed by atoms with Crippen molar-refractivity contribution in [2.45, 2.75) is 12.8 Å². The van der Waals surface area contributed by atoms with Crippen molar-refractivity contribution in [3.8, 4) is 0 Å². The summed E-state index contributed by atoms with van der Waals surface area (Å²) in [7, 11) is 0. The second-order valence-electron chi connectivity index (χ2n) is 6.09. The lowest BCUT2D eigenvalue weighted by Gasteiger charge is -2.31. The maximum Gasteiger partial charge on any atom is 0.161 e. The van der Waals surface area contributed by atoms with Gasteiger partial charge in [0.05, 0.1) is 10.7 Å². The van der Waals surface area contributed by atoms with E-state index in [0.717, 1.165) is 25.1 Å². The zero-order chi connectivity index (χ0) is 18.1. The molecule has 0 radical (unpaired) electrons. The molecule has 0 aliphatic carbocycles. The van der Waals surface area contributed by atoms with Crippen LogP contribution in [0.4, 0.5) is 28.7 Å². The Labute approximate surface area is 161 Å². The Morgan fingerprint density at radius 3 is 2.77 bits per heavy atom. The van der Waals surface area contributed by atoms with E-state index in [-0.39, 0.29) is 0 Å². The number of hydrogen-bond donors (Lipinski definition) is 2. The summed E-state index contributed by atoms with van der Waals surface area (Å²) in [6.45, 7) is 0.860. The average Bonchev–Trinajstić information content (AvgIpc) is 2.65. The van der Waals surface area contributed by atoms with Gasteiger partial charge in [0.25, 0.3) is 0 Å². The summed E-state index contributed by atoms with van der Waals surface area (Å²) in [5.74, 6) is 1.21. The lowest BCUT2D eigenvalue weighted by Crippen LogP contribution is -2.26. The van der Waals surface area contributed by atoms with Crippen LogP contribution in [-0.4, -0.2) is 16.5 Å². The zero-order valence-corrected chi connectivity index (χ0v) is 15.4. The van der Waals surface area contributed by atoms with Gasteiger partial charge in [-0.15, -0.1) is 0 Å². The third-order valence-electron chi connectivity index (χ3n) is 4.41. The molecule has 0 spiro atoms. The molecule has 0 bridgehead atoms. The molecule has 0 amide bonds. The van der Waals surface area contributed by atoms with Crippen molar-refractivity contribution in [3.63, 3.8) is 0 Å². The maximum absolute atomic E-state index is 6.40. The molecular formula is C19H17Cl2N5. The van der Waals surface area contributed by atoms with E-state index >= 15 is 0 Å². The lowest BCUT2D eigenvalue weighted by molar-refractivity contribution is 0.759. The molecule has 0 saturated heterocycles. The van der Waals surface area contributed by atoms with Gasteiger partial charge in [0.1, 0.15) is 12.0 Å². The fourth-order valence-corrected chi connectivity index (χ4v) is 3.63. The minimum absolute atomic E-state index is 0.482. The molecule has 7 heteroatoms. The number of rotatable bonds is 3. The third-order valence-corrected chi connectivity index (χ3v) is 4.96. The van der Waals surface area contributed by atoms with Gasteiger partial charge in [0, 0.05) is 17.3 Å². The molecule has 0 fully saturated rings. The summed E-state index contributed by atoms with van der Waals surface area (Å²) in [4.78, 5) is 10.9. The quantitative estimate of drug-likeness (QED) is 0.648. The van der Waals surface area contributed by atoms with Gasteiger partial charge < -0.3 is 16.0 Å². The number of benzene rings is 2. The number of nitrogens with zero attached hydrogens (tertiary/aromatic N) is 3. The number of aryl methyl sites for hydroxylation is 1. The smallest absolute Gasteiger partial charge is 0.161 e. The van der Waals surface area contributed by atoms with Gasteiger partial charge in [-0.05, 0) is 42.7 Å². The van der Waals surface area contributed by atoms with Crippen LogP contribution in [0.15, 0.2) is 48.8 Å². The van der Waals surface area contributed by atoms with Crippen molar-refractivity contribution in [3.05, 3.63) is 64.4 Å². The molecule has 2 heterocycles. The zero-order valence-electron chi connectivity index (χ0n) is 13.9. The third kappa shape index (κ3) is 3.16. The van der Waals surface area contributed by atoms with Gasteiger partial charge >= 0.3 is 0 Å². The molecule has 3 aromatic rings. The van der Waals surface area contributed by atoms with Gasteiger partial charge in [-0.1, -0.05) is 41.4 Å². The van der Waals surface area contributed by atoms with E-state index in [1.54, 1.807) is 18.2 Å². The second-order valence-corrected chi connectivity index (χ2v) is 6.94. The molecular weight excluding hydrogens is 369 g/mol. The van der Waals surface area contributed by atoms with Crippen LogP contribution in [-0.2, 0) is 6.42 Å². The topological polar surface area (TPSA) is 67.1 Å². The van der Waals surface area contributed by atoms with Gasteiger partial charge in [-0.25, -0.2) is 9.97 Å². The van der Waals surface area contributed by atoms with E-state index in [1.807, 2.05) is 6.07 Å². The van der Waals surface area contributed by atoms with Crippen LogP contribution in [0, 0.1) is 0 Å². The molecule has 5 nitrogen and oxygen atoms in total. The van der Waals surface area contributed by atoms with E-state index in [1.165, 1.54) is 11.9 Å². The average molecular weight is 386 g/mol. The Hall–Kier alpha value is -2.50. The van der Waals surface area contributed by atoms with Crippen LogP contribution in [0.2, 0.25) is 10.0 Å². The van der Waals surface area contributed by atoms with Gasteiger partial charge in [0.15, 0.2) is 11.6 Å². The SMILES string of the molecule is Nc1c(Nc2ccc(Cl)cc2Cl)ncnc1N1CCCc2ccccc21. The highest BCUT2D eigenvalue weighted by molar-refractivity contribution is 6.36. The number of nitrogens with two attached hydrogens (primary N) is 1. The molecule has 132 valence electrons. The van der Waals surface area contributed by atoms with E-state index in [2.05, 4.69) is 38.4 Å². The first-order chi connectivity index (χ1) is 12.6.